The molecule has 0 aliphatic rings. The fraction of sp³-hybridized carbons (Fsp3) is 0.167. The Morgan fingerprint density at radius 2 is 1.87 bits per heavy atom. The van der Waals surface area contributed by atoms with E-state index in [-0.39, 0.29) is 11.8 Å². The van der Waals surface area contributed by atoms with Gasteiger partial charge in [-0.05, 0) is 30.7 Å². The van der Waals surface area contributed by atoms with Crippen LogP contribution in [0.1, 0.15) is 18.2 Å². The minimum atomic E-state index is -0.619. The van der Waals surface area contributed by atoms with Gasteiger partial charge in [-0.15, -0.1) is 0 Å². The van der Waals surface area contributed by atoms with E-state index in [0.29, 0.717) is 6.54 Å². The summed E-state index contributed by atoms with van der Waals surface area (Å²) in [6.45, 7) is 1.97. The molecule has 23 heavy (non-hydrogen) atoms. The van der Waals surface area contributed by atoms with Gasteiger partial charge in [0.05, 0.1) is 12.2 Å². The molecule has 0 saturated carbocycles. The molecule has 1 unspecified atom stereocenters. The van der Waals surface area contributed by atoms with Crippen molar-refractivity contribution in [3.05, 3.63) is 72.1 Å². The fourth-order valence-electron chi connectivity index (χ4n) is 1.90. The lowest BCUT2D eigenvalue weighted by molar-refractivity contribution is -0.126. The molecule has 2 aromatic rings. The van der Waals surface area contributed by atoms with Crippen LogP contribution in [0.4, 0.5) is 0 Å². The second-order valence-corrected chi connectivity index (χ2v) is 5.01. The zero-order chi connectivity index (χ0) is 16.5. The monoisotopic (exact) mass is 309 g/mol. The van der Waals surface area contributed by atoms with Crippen molar-refractivity contribution < 1.29 is 9.59 Å². The van der Waals surface area contributed by atoms with E-state index >= 15 is 0 Å². The van der Waals surface area contributed by atoms with E-state index in [0.717, 1.165) is 11.3 Å². The Bertz CT molecular complexity index is 669. The van der Waals surface area contributed by atoms with Crippen LogP contribution in [0.5, 0.6) is 0 Å². The summed E-state index contributed by atoms with van der Waals surface area (Å²) in [5.41, 5.74) is 1.69. The molecule has 0 aliphatic heterocycles. The third-order valence-corrected chi connectivity index (χ3v) is 3.15. The Morgan fingerprint density at radius 1 is 1.13 bits per heavy atom. The highest BCUT2D eigenvalue weighted by Crippen LogP contribution is 2.00. The van der Waals surface area contributed by atoms with Gasteiger partial charge in [0.15, 0.2) is 0 Å². The van der Waals surface area contributed by atoms with Gasteiger partial charge in [0, 0.05) is 12.3 Å². The Balaban J connectivity index is 1.78. The third-order valence-electron chi connectivity index (χ3n) is 3.15. The average Bonchev–Trinajstić information content (AvgIpc) is 2.59. The van der Waals surface area contributed by atoms with E-state index in [2.05, 4.69) is 15.6 Å². The van der Waals surface area contributed by atoms with E-state index in [1.165, 1.54) is 6.08 Å². The van der Waals surface area contributed by atoms with E-state index < -0.39 is 6.04 Å². The predicted molar refractivity (Wildman–Crippen MR) is 89.2 cm³/mol. The zero-order valence-electron chi connectivity index (χ0n) is 12.9. The van der Waals surface area contributed by atoms with E-state index in [4.69, 9.17) is 0 Å². The molecule has 2 rings (SSSR count). The van der Waals surface area contributed by atoms with Crippen LogP contribution in [0.15, 0.2) is 60.8 Å². The number of aromatic nitrogens is 1. The highest BCUT2D eigenvalue weighted by atomic mass is 16.2. The lowest BCUT2D eigenvalue weighted by atomic mass is 10.2. The van der Waals surface area contributed by atoms with Crippen molar-refractivity contribution in [1.29, 1.82) is 0 Å². The standard InChI is InChI=1S/C18H19N3O2/c1-14(18(23)20-13-16-9-5-6-12-19-16)21-17(22)11-10-15-7-3-2-4-8-15/h2-12,14H,13H2,1H3,(H,20,23)(H,21,22)/b11-10+. The topological polar surface area (TPSA) is 71.1 Å². The van der Waals surface area contributed by atoms with Crippen LogP contribution in [0.3, 0.4) is 0 Å². The number of rotatable bonds is 6. The molecule has 0 fully saturated rings. The SMILES string of the molecule is CC(NC(=O)/C=C/c1ccccc1)C(=O)NCc1ccccn1. The molecule has 1 heterocycles. The van der Waals surface area contributed by atoms with Gasteiger partial charge in [-0.1, -0.05) is 36.4 Å². The van der Waals surface area contributed by atoms with E-state index in [1.54, 1.807) is 19.2 Å². The fourth-order valence-corrected chi connectivity index (χ4v) is 1.90. The Morgan fingerprint density at radius 3 is 2.57 bits per heavy atom. The zero-order valence-corrected chi connectivity index (χ0v) is 12.9. The molecule has 2 N–H and O–H groups in total. The van der Waals surface area contributed by atoms with Gasteiger partial charge in [-0.3, -0.25) is 14.6 Å². The molecule has 5 heteroatoms. The number of nitrogens with zero attached hydrogens (tertiary/aromatic N) is 1. The van der Waals surface area contributed by atoms with Crippen LogP contribution >= 0.6 is 0 Å². The Labute approximate surface area is 135 Å². The first-order valence-corrected chi connectivity index (χ1v) is 7.36. The molecule has 1 aromatic heterocycles. The van der Waals surface area contributed by atoms with Crippen molar-refractivity contribution in [3.8, 4) is 0 Å². The minimum Gasteiger partial charge on any atom is -0.349 e. The summed E-state index contributed by atoms with van der Waals surface area (Å²) in [6.07, 6.45) is 4.78. The minimum absolute atomic E-state index is 0.253. The maximum Gasteiger partial charge on any atom is 0.244 e. The molecule has 0 spiro atoms. The molecular weight excluding hydrogens is 290 g/mol. The first kappa shape index (κ1) is 16.4. The smallest absolute Gasteiger partial charge is 0.244 e. The molecule has 0 saturated heterocycles. The highest BCUT2D eigenvalue weighted by molar-refractivity contribution is 5.95. The maximum atomic E-state index is 11.9. The van der Waals surface area contributed by atoms with Crippen LogP contribution in [0, 0.1) is 0 Å². The maximum absolute atomic E-state index is 11.9. The number of hydrogen-bond acceptors (Lipinski definition) is 3. The second-order valence-electron chi connectivity index (χ2n) is 5.01. The van der Waals surface area contributed by atoms with Crippen molar-refractivity contribution in [2.45, 2.75) is 19.5 Å². The summed E-state index contributed by atoms with van der Waals surface area (Å²) in [5.74, 6) is -0.563. The van der Waals surface area contributed by atoms with Gasteiger partial charge >= 0.3 is 0 Å². The van der Waals surface area contributed by atoms with Gasteiger partial charge in [0.2, 0.25) is 11.8 Å². The van der Waals surface area contributed by atoms with Gasteiger partial charge in [0.25, 0.3) is 0 Å². The average molecular weight is 309 g/mol. The lowest BCUT2D eigenvalue weighted by Crippen LogP contribution is -2.44. The summed E-state index contributed by atoms with van der Waals surface area (Å²) in [6, 6.07) is 14.4. The number of carbonyl (C=O) groups excluding carboxylic acids is 2. The molecule has 1 aromatic carbocycles. The number of benzene rings is 1. The first-order chi connectivity index (χ1) is 11.1. The first-order valence-electron chi connectivity index (χ1n) is 7.36. The predicted octanol–water partition coefficient (Wildman–Crippen LogP) is 1.92. The van der Waals surface area contributed by atoms with E-state index in [9.17, 15) is 9.59 Å². The summed E-state index contributed by atoms with van der Waals surface area (Å²) < 4.78 is 0. The largest absolute Gasteiger partial charge is 0.349 e. The number of amides is 2. The number of hydrogen-bond donors (Lipinski definition) is 2. The van der Waals surface area contributed by atoms with Crippen molar-refractivity contribution in [3.63, 3.8) is 0 Å². The molecule has 2 amide bonds. The summed E-state index contributed by atoms with van der Waals surface area (Å²) in [7, 11) is 0. The van der Waals surface area contributed by atoms with Crippen molar-refractivity contribution in [2.24, 2.45) is 0 Å². The molecular formula is C18H19N3O2. The van der Waals surface area contributed by atoms with E-state index in [1.807, 2.05) is 48.5 Å². The van der Waals surface area contributed by atoms with Crippen LogP contribution < -0.4 is 10.6 Å². The van der Waals surface area contributed by atoms with Crippen molar-refractivity contribution in [2.75, 3.05) is 0 Å². The van der Waals surface area contributed by atoms with Gasteiger partial charge < -0.3 is 10.6 Å². The van der Waals surface area contributed by atoms with Crippen molar-refractivity contribution in [1.82, 2.24) is 15.6 Å². The van der Waals surface area contributed by atoms with Crippen LogP contribution in [0.25, 0.3) is 6.08 Å². The second kappa shape index (κ2) is 8.48. The summed E-state index contributed by atoms with van der Waals surface area (Å²) >= 11 is 0. The van der Waals surface area contributed by atoms with Crippen molar-refractivity contribution >= 4 is 17.9 Å². The summed E-state index contributed by atoms with van der Waals surface area (Å²) in [5, 5.41) is 5.37. The third kappa shape index (κ3) is 5.74. The molecule has 5 nitrogen and oxygen atoms in total. The summed E-state index contributed by atoms with van der Waals surface area (Å²) in [4.78, 5) is 27.9. The molecule has 0 bridgehead atoms. The highest BCUT2D eigenvalue weighted by Gasteiger charge is 2.13. The molecule has 118 valence electrons. The molecule has 0 radical (unpaired) electrons. The van der Waals surface area contributed by atoms with Crippen LogP contribution in [-0.4, -0.2) is 22.8 Å². The number of pyridine rings is 1. The van der Waals surface area contributed by atoms with Gasteiger partial charge in [-0.25, -0.2) is 0 Å². The molecule has 0 aliphatic carbocycles. The Kier molecular flexibility index (Phi) is 6.06. The number of nitrogens with one attached hydrogen (secondary N) is 2. The van der Waals surface area contributed by atoms with Crippen LogP contribution in [0.2, 0.25) is 0 Å². The van der Waals surface area contributed by atoms with Crippen LogP contribution in [-0.2, 0) is 16.1 Å². The quantitative estimate of drug-likeness (QED) is 0.801. The lowest BCUT2D eigenvalue weighted by Gasteiger charge is -2.12. The van der Waals surface area contributed by atoms with Gasteiger partial charge in [0.1, 0.15) is 6.04 Å². The molecule has 1 atom stereocenters. The van der Waals surface area contributed by atoms with Gasteiger partial charge in [-0.2, -0.15) is 0 Å². The number of carbonyl (C=O) groups is 2. The Hall–Kier alpha value is -2.95. The normalized spacial score (nSPS) is 11.9.